The number of fused-ring (bicyclic) bond motifs is 1. The van der Waals surface area contributed by atoms with Crippen LogP contribution in [0, 0.1) is 6.92 Å². The Balaban J connectivity index is 1.24. The van der Waals surface area contributed by atoms with Crippen molar-refractivity contribution in [1.82, 2.24) is 19.8 Å². The van der Waals surface area contributed by atoms with Crippen LogP contribution < -0.4 is 10.6 Å². The van der Waals surface area contributed by atoms with Gasteiger partial charge in [-0.15, -0.1) is 0 Å². The highest BCUT2D eigenvalue weighted by molar-refractivity contribution is 5.88. The average Bonchev–Trinajstić information content (AvgIpc) is 3.27. The molecule has 5 rings (SSSR count). The highest BCUT2D eigenvalue weighted by Gasteiger charge is 2.32. The lowest BCUT2D eigenvalue weighted by atomic mass is 10.0. The van der Waals surface area contributed by atoms with E-state index in [2.05, 4.69) is 51.7 Å². The number of likely N-dealkylation sites (tertiary alicyclic amines) is 1. The van der Waals surface area contributed by atoms with Crippen LogP contribution in [0.3, 0.4) is 0 Å². The number of amides is 1. The molecular formula is C26H33N7O. The normalized spacial score (nSPS) is 22.1. The van der Waals surface area contributed by atoms with Gasteiger partial charge in [-0.2, -0.15) is 0 Å². The number of dihydropyridines is 1. The zero-order chi connectivity index (χ0) is 23.7. The summed E-state index contributed by atoms with van der Waals surface area (Å²) in [6.07, 6.45) is 9.51. The first kappa shape index (κ1) is 22.5. The van der Waals surface area contributed by atoms with Gasteiger partial charge < -0.3 is 20.4 Å². The van der Waals surface area contributed by atoms with E-state index in [1.807, 2.05) is 42.3 Å². The van der Waals surface area contributed by atoms with E-state index in [-0.39, 0.29) is 18.0 Å². The number of aryl methyl sites for hydroxylation is 1. The van der Waals surface area contributed by atoms with Crippen molar-refractivity contribution in [3.8, 4) is 0 Å². The fraction of sp³-hybridized carbons (Fsp3) is 0.462. The molecular weight excluding hydrogens is 426 g/mol. The number of benzene rings is 1. The number of aromatic nitrogens is 2. The maximum absolute atomic E-state index is 13.1. The number of anilines is 3. The van der Waals surface area contributed by atoms with Crippen LogP contribution in [0.5, 0.6) is 0 Å². The maximum atomic E-state index is 13.1. The molecule has 1 saturated heterocycles. The molecule has 1 fully saturated rings. The number of hydrogen-bond acceptors (Lipinski definition) is 7. The second kappa shape index (κ2) is 9.54. The van der Waals surface area contributed by atoms with Gasteiger partial charge in [0.1, 0.15) is 6.04 Å². The van der Waals surface area contributed by atoms with Crippen LogP contribution in [-0.2, 0) is 11.2 Å². The van der Waals surface area contributed by atoms with Crippen molar-refractivity contribution in [2.24, 2.45) is 4.99 Å². The van der Waals surface area contributed by atoms with Gasteiger partial charge in [0.2, 0.25) is 11.9 Å². The number of allylic oxidation sites excluding steroid dienone is 1. The third-order valence-corrected chi connectivity index (χ3v) is 6.98. The monoisotopic (exact) mass is 459 g/mol. The van der Waals surface area contributed by atoms with Crippen molar-refractivity contribution in [3.63, 3.8) is 0 Å². The molecule has 8 heteroatoms. The molecule has 0 spiro atoms. The van der Waals surface area contributed by atoms with Gasteiger partial charge in [0.25, 0.3) is 0 Å². The lowest BCUT2D eigenvalue weighted by Crippen LogP contribution is -2.49. The minimum absolute atomic E-state index is 0.0334. The van der Waals surface area contributed by atoms with Crippen molar-refractivity contribution in [2.45, 2.75) is 50.7 Å². The van der Waals surface area contributed by atoms with E-state index in [4.69, 9.17) is 4.98 Å². The molecule has 0 radical (unpaired) electrons. The minimum atomic E-state index is -0.194. The number of rotatable bonds is 5. The third-order valence-electron chi connectivity index (χ3n) is 6.98. The molecule has 178 valence electrons. The van der Waals surface area contributed by atoms with Crippen LogP contribution in [0.2, 0.25) is 0 Å². The molecule has 1 aromatic carbocycles. The number of nitrogens with zero attached hydrogens (tertiary/aromatic N) is 5. The van der Waals surface area contributed by atoms with E-state index < -0.39 is 0 Å². The summed E-state index contributed by atoms with van der Waals surface area (Å²) < 4.78 is 0. The number of piperidine rings is 1. The van der Waals surface area contributed by atoms with Crippen LogP contribution >= 0.6 is 0 Å². The van der Waals surface area contributed by atoms with Crippen LogP contribution in [0.4, 0.5) is 17.3 Å². The summed E-state index contributed by atoms with van der Waals surface area (Å²) in [5, 5.41) is 6.79. The summed E-state index contributed by atoms with van der Waals surface area (Å²) in [4.78, 5) is 31.3. The zero-order valence-corrected chi connectivity index (χ0v) is 20.2. The first-order valence-corrected chi connectivity index (χ1v) is 12.1. The van der Waals surface area contributed by atoms with Gasteiger partial charge in [-0.05, 0) is 76.2 Å². The first-order chi connectivity index (χ1) is 16.5. The standard InChI is InChI=1S/C26H33N7O/c1-17-14-23(22-6-4-5-11-27-22)31-26(28-17)29-19-7-8-21-18(15-19)16-24(30-21)25(34)33-12-9-20(10-13-33)32(2)3/h4-5,7-8,11,14-15,20,22,24,30H,6,9-10,12-13,16H2,1-3H3,(H,28,29,31). The van der Waals surface area contributed by atoms with E-state index in [9.17, 15) is 4.79 Å². The first-order valence-electron chi connectivity index (χ1n) is 12.1. The summed E-state index contributed by atoms with van der Waals surface area (Å²) >= 11 is 0. The highest BCUT2D eigenvalue weighted by atomic mass is 16.2. The minimum Gasteiger partial charge on any atom is -0.373 e. The van der Waals surface area contributed by atoms with E-state index in [0.29, 0.717) is 18.4 Å². The number of aliphatic imine (C=N–C) groups is 1. The Labute approximate surface area is 201 Å². The molecule has 0 aliphatic carbocycles. The molecule has 2 N–H and O–H groups in total. The van der Waals surface area contributed by atoms with Crippen molar-refractivity contribution in [2.75, 3.05) is 37.8 Å². The molecule has 2 aromatic rings. The van der Waals surface area contributed by atoms with Gasteiger partial charge in [-0.25, -0.2) is 9.97 Å². The van der Waals surface area contributed by atoms with Gasteiger partial charge in [0.05, 0.1) is 11.7 Å². The molecule has 3 aliphatic rings. The van der Waals surface area contributed by atoms with E-state index >= 15 is 0 Å². The smallest absolute Gasteiger partial charge is 0.245 e. The summed E-state index contributed by atoms with van der Waals surface area (Å²) in [6, 6.07) is 8.55. The Morgan fingerprint density at radius 3 is 2.74 bits per heavy atom. The number of carbonyl (C=O) groups is 1. The van der Waals surface area contributed by atoms with Crippen molar-refractivity contribution in [3.05, 3.63) is 53.4 Å². The Morgan fingerprint density at radius 2 is 2.00 bits per heavy atom. The van der Waals surface area contributed by atoms with Crippen LogP contribution in [0.1, 0.15) is 42.3 Å². The SMILES string of the molecule is Cc1cc(C2CC=CC=N2)nc(Nc2ccc3c(c2)CC(C(=O)N2CCC(N(C)C)CC2)N3)n1. The Kier molecular flexibility index (Phi) is 6.32. The molecule has 4 heterocycles. The Bertz CT molecular complexity index is 1120. The maximum Gasteiger partial charge on any atom is 0.245 e. The number of nitrogens with one attached hydrogen (secondary N) is 2. The quantitative estimate of drug-likeness (QED) is 0.712. The molecule has 0 bridgehead atoms. The second-order valence-electron chi connectivity index (χ2n) is 9.65. The van der Waals surface area contributed by atoms with Gasteiger partial charge in [-0.3, -0.25) is 9.79 Å². The molecule has 2 atom stereocenters. The molecule has 1 amide bonds. The second-order valence-corrected chi connectivity index (χ2v) is 9.65. The lowest BCUT2D eigenvalue weighted by molar-refractivity contribution is -0.133. The summed E-state index contributed by atoms with van der Waals surface area (Å²) in [6.45, 7) is 3.64. The van der Waals surface area contributed by atoms with Crippen molar-refractivity contribution >= 4 is 29.4 Å². The van der Waals surface area contributed by atoms with Crippen LogP contribution in [0.25, 0.3) is 0 Å². The fourth-order valence-corrected chi connectivity index (χ4v) is 5.04. The zero-order valence-electron chi connectivity index (χ0n) is 20.2. The molecule has 1 aromatic heterocycles. The van der Waals surface area contributed by atoms with Crippen molar-refractivity contribution < 1.29 is 4.79 Å². The summed E-state index contributed by atoms with van der Waals surface area (Å²) in [7, 11) is 4.24. The van der Waals surface area contributed by atoms with E-state index in [1.165, 1.54) is 0 Å². The summed E-state index contributed by atoms with van der Waals surface area (Å²) in [5.74, 6) is 0.777. The molecule has 34 heavy (non-hydrogen) atoms. The van der Waals surface area contributed by atoms with Gasteiger partial charge in [0, 0.05) is 48.8 Å². The molecule has 0 saturated carbocycles. The predicted molar refractivity (Wildman–Crippen MR) is 136 cm³/mol. The highest BCUT2D eigenvalue weighted by Crippen LogP contribution is 2.31. The molecule has 3 aliphatic heterocycles. The molecule has 8 nitrogen and oxygen atoms in total. The lowest BCUT2D eigenvalue weighted by Gasteiger charge is -2.36. The number of hydrogen-bond donors (Lipinski definition) is 2. The predicted octanol–water partition coefficient (Wildman–Crippen LogP) is 3.49. The largest absolute Gasteiger partial charge is 0.373 e. The number of carbonyl (C=O) groups excluding carboxylic acids is 1. The van der Waals surface area contributed by atoms with E-state index in [0.717, 1.165) is 60.7 Å². The fourth-order valence-electron chi connectivity index (χ4n) is 5.04. The Morgan fingerprint density at radius 1 is 1.18 bits per heavy atom. The van der Waals surface area contributed by atoms with E-state index in [1.54, 1.807) is 0 Å². The van der Waals surface area contributed by atoms with Crippen LogP contribution in [0.15, 0.2) is 41.4 Å². The average molecular weight is 460 g/mol. The Hall–Kier alpha value is -3.26. The third kappa shape index (κ3) is 4.82. The van der Waals surface area contributed by atoms with Crippen molar-refractivity contribution in [1.29, 1.82) is 0 Å². The van der Waals surface area contributed by atoms with Gasteiger partial charge >= 0.3 is 0 Å². The molecule has 2 unspecified atom stereocenters. The summed E-state index contributed by atoms with van der Waals surface area (Å²) in [5.41, 5.74) is 4.91. The van der Waals surface area contributed by atoms with Crippen LogP contribution in [-0.4, -0.2) is 71.2 Å². The van der Waals surface area contributed by atoms with Gasteiger partial charge in [0.15, 0.2) is 0 Å². The topological polar surface area (TPSA) is 85.8 Å². The van der Waals surface area contributed by atoms with Gasteiger partial charge in [-0.1, -0.05) is 6.08 Å².